The first-order chi connectivity index (χ1) is 8.61. The van der Waals surface area contributed by atoms with E-state index in [4.69, 9.17) is 5.73 Å². The molecule has 0 spiro atoms. The van der Waals surface area contributed by atoms with Gasteiger partial charge in [-0.15, -0.1) is 0 Å². The third-order valence-electron chi connectivity index (χ3n) is 4.35. The van der Waals surface area contributed by atoms with Crippen LogP contribution >= 0.6 is 0 Å². The second-order valence-corrected chi connectivity index (χ2v) is 5.94. The topological polar surface area (TPSA) is 49.6 Å². The quantitative estimate of drug-likeness (QED) is 0.819. The molecule has 0 aromatic rings. The van der Waals surface area contributed by atoms with Gasteiger partial charge in [0.05, 0.1) is 0 Å². The van der Waals surface area contributed by atoms with E-state index in [0.29, 0.717) is 18.5 Å². The third-order valence-corrected chi connectivity index (χ3v) is 4.35. The Morgan fingerprint density at radius 2 is 2.22 bits per heavy atom. The molecule has 0 bridgehead atoms. The zero-order chi connectivity index (χ0) is 13.1. The average molecular weight is 253 g/mol. The number of nitrogens with two attached hydrogens (primary N) is 1. The van der Waals surface area contributed by atoms with Gasteiger partial charge in [0.1, 0.15) is 0 Å². The van der Waals surface area contributed by atoms with E-state index in [1.54, 1.807) is 0 Å². The summed E-state index contributed by atoms with van der Waals surface area (Å²) in [5.41, 5.74) is 5.99. The average Bonchev–Trinajstić information content (AvgIpc) is 2.74. The number of hydrogen-bond donors (Lipinski definition) is 1. The minimum Gasteiger partial charge on any atom is -0.337 e. The highest BCUT2D eigenvalue weighted by molar-refractivity contribution is 5.77. The van der Waals surface area contributed by atoms with E-state index in [1.165, 1.54) is 19.4 Å². The molecule has 2 N–H and O–H groups in total. The SMILES string of the molecule is CCCC(N)CC(=O)N1CC2CCCN2CC1C. The number of rotatable bonds is 4. The van der Waals surface area contributed by atoms with Crippen molar-refractivity contribution in [2.75, 3.05) is 19.6 Å². The number of nitrogens with zero attached hydrogens (tertiary/aromatic N) is 2. The van der Waals surface area contributed by atoms with Crippen LogP contribution in [0.25, 0.3) is 0 Å². The van der Waals surface area contributed by atoms with Gasteiger partial charge < -0.3 is 10.6 Å². The molecule has 2 rings (SSSR count). The fourth-order valence-corrected chi connectivity index (χ4v) is 3.35. The van der Waals surface area contributed by atoms with Gasteiger partial charge in [0.2, 0.25) is 5.91 Å². The Bertz CT molecular complexity index is 295. The summed E-state index contributed by atoms with van der Waals surface area (Å²) in [5, 5.41) is 0. The molecule has 2 saturated heterocycles. The van der Waals surface area contributed by atoms with E-state index in [0.717, 1.165) is 25.9 Å². The fourth-order valence-electron chi connectivity index (χ4n) is 3.35. The minimum absolute atomic E-state index is 0.0382. The van der Waals surface area contributed by atoms with Gasteiger partial charge in [-0.1, -0.05) is 13.3 Å². The van der Waals surface area contributed by atoms with E-state index in [2.05, 4.69) is 23.6 Å². The molecule has 2 heterocycles. The standard InChI is InChI=1S/C14H27N3O/c1-3-5-12(15)8-14(18)17-10-13-6-4-7-16(13)9-11(17)2/h11-13H,3-10,15H2,1-2H3. The van der Waals surface area contributed by atoms with Crippen molar-refractivity contribution in [1.29, 1.82) is 0 Å². The molecule has 2 fully saturated rings. The van der Waals surface area contributed by atoms with Crippen molar-refractivity contribution >= 4 is 5.91 Å². The molecule has 2 aliphatic rings. The predicted molar refractivity (Wildman–Crippen MR) is 73.3 cm³/mol. The first kappa shape index (κ1) is 13.8. The van der Waals surface area contributed by atoms with Crippen molar-refractivity contribution in [3.05, 3.63) is 0 Å². The van der Waals surface area contributed by atoms with Crippen LogP contribution in [0, 0.1) is 0 Å². The van der Waals surface area contributed by atoms with E-state index < -0.39 is 0 Å². The second kappa shape index (κ2) is 6.02. The molecule has 4 heteroatoms. The van der Waals surface area contributed by atoms with Crippen LogP contribution in [-0.2, 0) is 4.79 Å². The Balaban J connectivity index is 1.89. The molecule has 3 atom stereocenters. The maximum Gasteiger partial charge on any atom is 0.224 e. The van der Waals surface area contributed by atoms with Crippen LogP contribution in [0.2, 0.25) is 0 Å². The van der Waals surface area contributed by atoms with Gasteiger partial charge >= 0.3 is 0 Å². The molecule has 0 aromatic carbocycles. The van der Waals surface area contributed by atoms with Crippen molar-refractivity contribution in [3.63, 3.8) is 0 Å². The summed E-state index contributed by atoms with van der Waals surface area (Å²) in [5.74, 6) is 0.259. The van der Waals surface area contributed by atoms with Crippen molar-refractivity contribution in [2.24, 2.45) is 5.73 Å². The fraction of sp³-hybridized carbons (Fsp3) is 0.929. The first-order valence-electron chi connectivity index (χ1n) is 7.41. The largest absolute Gasteiger partial charge is 0.337 e. The minimum atomic E-state index is 0.0382. The zero-order valence-electron chi connectivity index (χ0n) is 11.8. The summed E-state index contributed by atoms with van der Waals surface area (Å²) >= 11 is 0. The number of carbonyl (C=O) groups is 1. The van der Waals surface area contributed by atoms with Gasteiger partial charge in [0.15, 0.2) is 0 Å². The lowest BCUT2D eigenvalue weighted by atomic mass is 10.0. The highest BCUT2D eigenvalue weighted by atomic mass is 16.2. The lowest BCUT2D eigenvalue weighted by Crippen LogP contribution is -2.57. The maximum atomic E-state index is 12.3. The zero-order valence-corrected chi connectivity index (χ0v) is 11.8. The number of amides is 1. The Kier molecular flexibility index (Phi) is 4.62. The summed E-state index contributed by atoms with van der Waals surface area (Å²) < 4.78 is 0. The molecular formula is C14H27N3O. The summed E-state index contributed by atoms with van der Waals surface area (Å²) in [6, 6.07) is 0.990. The number of fused-ring (bicyclic) bond motifs is 1. The van der Waals surface area contributed by atoms with E-state index >= 15 is 0 Å². The molecule has 0 radical (unpaired) electrons. The molecule has 2 aliphatic heterocycles. The van der Waals surface area contributed by atoms with Crippen LogP contribution < -0.4 is 5.73 Å². The normalized spacial score (nSPS) is 30.3. The molecule has 104 valence electrons. The Morgan fingerprint density at radius 3 is 2.94 bits per heavy atom. The summed E-state index contributed by atoms with van der Waals surface area (Å²) in [6.07, 6.45) is 5.06. The predicted octanol–water partition coefficient (Wildman–Crippen LogP) is 1.20. The molecule has 0 aliphatic carbocycles. The lowest BCUT2D eigenvalue weighted by molar-refractivity contribution is -0.137. The smallest absolute Gasteiger partial charge is 0.224 e. The Morgan fingerprint density at radius 1 is 1.44 bits per heavy atom. The first-order valence-corrected chi connectivity index (χ1v) is 7.41. The van der Waals surface area contributed by atoms with Gasteiger partial charge in [0, 0.05) is 37.6 Å². The van der Waals surface area contributed by atoms with Crippen LogP contribution in [0.1, 0.15) is 46.0 Å². The molecule has 18 heavy (non-hydrogen) atoms. The summed E-state index contributed by atoms with van der Waals surface area (Å²) in [7, 11) is 0. The molecule has 0 saturated carbocycles. The van der Waals surface area contributed by atoms with Crippen molar-refractivity contribution in [3.8, 4) is 0 Å². The van der Waals surface area contributed by atoms with Crippen LogP contribution in [0.4, 0.5) is 0 Å². The van der Waals surface area contributed by atoms with Gasteiger partial charge in [-0.05, 0) is 32.7 Å². The van der Waals surface area contributed by atoms with Crippen molar-refractivity contribution in [2.45, 2.75) is 64.1 Å². The second-order valence-electron chi connectivity index (χ2n) is 5.94. The third kappa shape index (κ3) is 3.04. The van der Waals surface area contributed by atoms with E-state index in [1.807, 2.05) is 0 Å². The summed E-state index contributed by atoms with van der Waals surface area (Å²) in [6.45, 7) is 7.45. The molecule has 1 amide bonds. The Labute approximate surface area is 110 Å². The van der Waals surface area contributed by atoms with E-state index in [-0.39, 0.29) is 11.9 Å². The molecule has 0 aromatic heterocycles. The van der Waals surface area contributed by atoms with Crippen LogP contribution in [0.5, 0.6) is 0 Å². The van der Waals surface area contributed by atoms with Gasteiger partial charge in [-0.3, -0.25) is 9.69 Å². The maximum absolute atomic E-state index is 12.3. The van der Waals surface area contributed by atoms with Crippen LogP contribution in [0.15, 0.2) is 0 Å². The van der Waals surface area contributed by atoms with Crippen LogP contribution in [-0.4, -0.2) is 53.5 Å². The number of piperazine rings is 1. The van der Waals surface area contributed by atoms with Crippen molar-refractivity contribution < 1.29 is 4.79 Å². The molecule has 3 unspecified atom stereocenters. The lowest BCUT2D eigenvalue weighted by Gasteiger charge is -2.42. The highest BCUT2D eigenvalue weighted by Crippen LogP contribution is 2.25. The monoisotopic (exact) mass is 253 g/mol. The summed E-state index contributed by atoms with van der Waals surface area (Å²) in [4.78, 5) is 16.9. The Hall–Kier alpha value is -0.610. The van der Waals surface area contributed by atoms with Gasteiger partial charge in [-0.2, -0.15) is 0 Å². The van der Waals surface area contributed by atoms with Crippen LogP contribution in [0.3, 0.4) is 0 Å². The van der Waals surface area contributed by atoms with E-state index in [9.17, 15) is 4.79 Å². The number of carbonyl (C=O) groups excluding carboxylic acids is 1. The van der Waals surface area contributed by atoms with Gasteiger partial charge in [-0.25, -0.2) is 0 Å². The number of hydrogen-bond acceptors (Lipinski definition) is 3. The van der Waals surface area contributed by atoms with Crippen molar-refractivity contribution in [1.82, 2.24) is 9.80 Å². The highest BCUT2D eigenvalue weighted by Gasteiger charge is 2.36. The molecule has 4 nitrogen and oxygen atoms in total. The molecular weight excluding hydrogens is 226 g/mol. The van der Waals surface area contributed by atoms with Gasteiger partial charge in [0.25, 0.3) is 0 Å².